The van der Waals surface area contributed by atoms with Crippen molar-refractivity contribution in [2.24, 2.45) is 22.2 Å². The number of aliphatic imine (C=N–C) groups is 1. The molecule has 4 aliphatic heterocycles. The van der Waals surface area contributed by atoms with Gasteiger partial charge in [-0.05, 0) is 24.0 Å². The highest BCUT2D eigenvalue weighted by atomic mass is 16.5. The van der Waals surface area contributed by atoms with Gasteiger partial charge in [0.05, 0.1) is 54.6 Å². The lowest BCUT2D eigenvalue weighted by molar-refractivity contribution is -0.915. The van der Waals surface area contributed by atoms with Gasteiger partial charge in [0.2, 0.25) is 0 Å². The van der Waals surface area contributed by atoms with Crippen LogP contribution in [0.4, 0.5) is 5.69 Å². The van der Waals surface area contributed by atoms with Crippen molar-refractivity contribution in [3.05, 3.63) is 47.7 Å². The summed E-state index contributed by atoms with van der Waals surface area (Å²) in [5, 5.41) is 13.4. The molecule has 0 N–H and O–H groups in total. The topological polar surface area (TPSA) is 44.7 Å². The highest BCUT2D eigenvalue weighted by molar-refractivity contribution is 6.07. The number of hydroxylamine groups is 3. The van der Waals surface area contributed by atoms with E-state index in [1.807, 2.05) is 7.05 Å². The molecule has 1 spiro atoms. The summed E-state index contributed by atoms with van der Waals surface area (Å²) in [7, 11) is 1.86. The zero-order valence-electron chi connectivity index (χ0n) is 13.9. The van der Waals surface area contributed by atoms with Crippen molar-refractivity contribution in [3.63, 3.8) is 0 Å². The Bertz CT molecular complexity index is 816. The van der Waals surface area contributed by atoms with Crippen LogP contribution in [0.15, 0.2) is 41.9 Å². The largest absolute Gasteiger partial charge is 0.633 e. The minimum Gasteiger partial charge on any atom is -0.633 e. The zero-order chi connectivity index (χ0) is 16.3. The van der Waals surface area contributed by atoms with Gasteiger partial charge >= 0.3 is 0 Å². The van der Waals surface area contributed by atoms with Gasteiger partial charge in [-0.25, -0.2) is 0 Å². The van der Waals surface area contributed by atoms with Gasteiger partial charge in [-0.3, -0.25) is 4.99 Å². The van der Waals surface area contributed by atoms with Gasteiger partial charge in [-0.2, -0.15) is 0 Å². The van der Waals surface area contributed by atoms with E-state index in [1.54, 1.807) is 0 Å². The number of rotatable bonds is 1. The Kier molecular flexibility index (Phi) is 2.20. The Morgan fingerprint density at radius 3 is 3.08 bits per heavy atom. The third kappa shape index (κ3) is 1.18. The van der Waals surface area contributed by atoms with Crippen molar-refractivity contribution < 1.29 is 9.38 Å². The Labute approximate surface area is 142 Å². The monoisotopic (exact) mass is 322 g/mol. The van der Waals surface area contributed by atoms with E-state index in [-0.39, 0.29) is 27.6 Å². The van der Waals surface area contributed by atoms with Gasteiger partial charge < -0.3 is 14.6 Å². The fourth-order valence-corrected chi connectivity index (χ4v) is 7.17. The van der Waals surface area contributed by atoms with Crippen molar-refractivity contribution in [1.82, 2.24) is 0 Å². The fraction of sp³-hybridized carbons (Fsp3) is 0.550. The van der Waals surface area contributed by atoms with Gasteiger partial charge in [0.25, 0.3) is 0 Å². The fourth-order valence-electron chi connectivity index (χ4n) is 7.17. The van der Waals surface area contributed by atoms with Crippen LogP contribution in [-0.4, -0.2) is 42.7 Å². The molecule has 4 heteroatoms. The van der Waals surface area contributed by atoms with E-state index < -0.39 is 0 Å². The number of hydrogen-bond acceptors (Lipinski definition) is 3. The molecule has 6 aliphatic rings. The second kappa shape index (κ2) is 3.85. The molecule has 3 saturated heterocycles. The van der Waals surface area contributed by atoms with E-state index in [4.69, 9.17) is 9.73 Å². The first-order chi connectivity index (χ1) is 11.5. The van der Waals surface area contributed by atoms with Gasteiger partial charge in [0, 0.05) is 12.3 Å². The first kappa shape index (κ1) is 13.8. The number of piperidine rings is 2. The average molecular weight is 322 g/mol. The maximum Gasteiger partial charge on any atom is 0.0968 e. The average Bonchev–Trinajstić information content (AvgIpc) is 2.89. The van der Waals surface area contributed by atoms with Crippen molar-refractivity contribution in [2.45, 2.75) is 30.4 Å². The van der Waals surface area contributed by atoms with Gasteiger partial charge in [0.1, 0.15) is 0 Å². The summed E-state index contributed by atoms with van der Waals surface area (Å²) in [5.74, 6) is 0.855. The van der Waals surface area contributed by atoms with Crippen molar-refractivity contribution in [3.8, 4) is 0 Å². The third-order valence-electron chi connectivity index (χ3n) is 7.93. The predicted molar refractivity (Wildman–Crippen MR) is 92.0 cm³/mol. The molecule has 5 fully saturated rings. The van der Waals surface area contributed by atoms with Crippen LogP contribution in [0.2, 0.25) is 0 Å². The highest BCUT2D eigenvalue weighted by Gasteiger charge is 2.77. The zero-order valence-corrected chi connectivity index (χ0v) is 13.9. The summed E-state index contributed by atoms with van der Waals surface area (Å²) in [6.07, 6.45) is 4.15. The normalized spacial score (nSPS) is 52.7. The number of hydrogen-bond donors (Lipinski definition) is 0. The Morgan fingerprint density at radius 1 is 1.42 bits per heavy atom. The Balaban J connectivity index is 1.72. The number of ether oxygens (including phenoxy) is 1. The molecular weight excluding hydrogens is 300 g/mol. The van der Waals surface area contributed by atoms with E-state index in [0.717, 1.165) is 18.5 Å². The summed E-state index contributed by atoms with van der Waals surface area (Å²) >= 11 is 0. The Hall–Kier alpha value is -1.49. The summed E-state index contributed by atoms with van der Waals surface area (Å²) in [4.78, 5) is 5.06. The van der Waals surface area contributed by atoms with Crippen LogP contribution in [0.5, 0.6) is 0 Å². The molecule has 4 nitrogen and oxygen atoms in total. The number of para-hydroxylation sites is 1. The van der Waals surface area contributed by atoms with E-state index in [2.05, 4.69) is 36.9 Å². The van der Waals surface area contributed by atoms with Gasteiger partial charge in [-0.15, -0.1) is 6.58 Å². The van der Waals surface area contributed by atoms with Crippen LogP contribution < -0.4 is 0 Å². The number of fused-ring (bicyclic) bond motifs is 4. The minimum atomic E-state index is -0.186. The van der Waals surface area contributed by atoms with Crippen LogP contribution in [0.25, 0.3) is 0 Å². The second-order valence-electron chi connectivity index (χ2n) is 8.60. The smallest absolute Gasteiger partial charge is 0.0968 e. The maximum atomic E-state index is 13.4. The number of quaternary nitrogens is 1. The van der Waals surface area contributed by atoms with Crippen LogP contribution in [0.1, 0.15) is 18.4 Å². The molecule has 0 radical (unpaired) electrons. The molecule has 0 aromatic heterocycles. The highest BCUT2D eigenvalue weighted by Crippen LogP contribution is 2.71. The molecule has 0 amide bonds. The van der Waals surface area contributed by atoms with E-state index in [1.165, 1.54) is 11.3 Å². The van der Waals surface area contributed by atoms with E-state index in [0.29, 0.717) is 25.0 Å². The SMILES string of the molecule is C=C[C@@]12C[N@@+](C)([O-])[C@H]3C[C@@]14C(=Nc1ccccc14)[C@H]1C[C@H]2[C@@H]3CO1. The molecule has 124 valence electrons. The first-order valence-electron chi connectivity index (χ1n) is 9.03. The van der Waals surface area contributed by atoms with Crippen LogP contribution in [0.3, 0.4) is 0 Å². The standard InChI is InChI=1S/C20H22N2O2/c1-3-19-11-22(2,23)16-9-20(19)13-6-4-5-7-15(13)21-18(20)17-8-14(19)12(16)10-24-17/h3-7,12,14,16-17H,1,8-11H2,2H3/t12-,14-,16-,17+,19-,20+,22+/m0/s1. The summed E-state index contributed by atoms with van der Waals surface area (Å²) in [6, 6.07) is 8.61. The van der Waals surface area contributed by atoms with Crippen molar-refractivity contribution in [1.29, 1.82) is 0 Å². The second-order valence-corrected chi connectivity index (χ2v) is 8.60. The molecule has 0 unspecified atom stereocenters. The lowest BCUT2D eigenvalue weighted by atomic mass is 9.37. The molecule has 4 heterocycles. The van der Waals surface area contributed by atoms with Crippen molar-refractivity contribution in [2.75, 3.05) is 20.2 Å². The minimum absolute atomic E-state index is 0.106. The van der Waals surface area contributed by atoms with Crippen molar-refractivity contribution >= 4 is 11.4 Å². The molecule has 7 rings (SSSR count). The van der Waals surface area contributed by atoms with E-state index >= 15 is 0 Å². The molecule has 5 bridgehead atoms. The molecule has 24 heavy (non-hydrogen) atoms. The van der Waals surface area contributed by atoms with Gasteiger partial charge in [-0.1, -0.05) is 24.3 Å². The summed E-state index contributed by atoms with van der Waals surface area (Å²) in [6.45, 7) is 5.60. The van der Waals surface area contributed by atoms with Crippen LogP contribution in [0, 0.1) is 22.5 Å². The first-order valence-corrected chi connectivity index (χ1v) is 9.03. The molecule has 1 aromatic carbocycles. The lowest BCUT2D eigenvalue weighted by Crippen LogP contribution is -2.82. The van der Waals surface area contributed by atoms with Gasteiger partial charge in [0.15, 0.2) is 0 Å². The summed E-state index contributed by atoms with van der Waals surface area (Å²) in [5.41, 5.74) is 3.22. The molecule has 2 aliphatic carbocycles. The Morgan fingerprint density at radius 2 is 2.25 bits per heavy atom. The molecule has 1 aromatic rings. The number of benzene rings is 1. The van der Waals surface area contributed by atoms with Crippen LogP contribution >= 0.6 is 0 Å². The summed E-state index contributed by atoms with van der Waals surface area (Å²) < 4.78 is 6.09. The van der Waals surface area contributed by atoms with E-state index in [9.17, 15) is 5.21 Å². The maximum absolute atomic E-state index is 13.4. The quantitative estimate of drug-likeness (QED) is 0.453. The molecule has 7 atom stereocenters. The molecule has 2 saturated carbocycles. The van der Waals surface area contributed by atoms with Crippen LogP contribution in [-0.2, 0) is 10.2 Å². The lowest BCUT2D eigenvalue weighted by Gasteiger charge is -2.74. The predicted octanol–water partition coefficient (Wildman–Crippen LogP) is 2.95. The third-order valence-corrected chi connectivity index (χ3v) is 7.93. The number of nitrogens with zero attached hydrogens (tertiary/aromatic N) is 2. The molecular formula is C20H22N2O2.